The van der Waals surface area contributed by atoms with E-state index < -0.39 is 114 Å². The molecule has 3 aromatic heterocycles. The van der Waals surface area contributed by atoms with Crippen molar-refractivity contribution in [3.63, 3.8) is 0 Å². The van der Waals surface area contributed by atoms with Crippen molar-refractivity contribution in [2.45, 2.75) is 80.9 Å². The number of fused-ring (bicyclic) bond motifs is 1. The Bertz CT molecular complexity index is 2460. The smallest absolute Gasteiger partial charge is 0.455 e. The SMILES string of the molecule is C=CCCC(=O)N[C@H](Cc1ccc(C(F)(F)F)cc1)C(=O)O[C@@H]1[C@H](COP(=O)(O)O[C@H]2CC(n3ccc(N)nc3=O)O[C@@H]2COP(=O)(O)O)OC(n2cnc3c(N)ncnc32)[C@@H]1O. The molecule has 0 spiro atoms. The predicted octanol–water partition coefficient (Wildman–Crippen LogP) is 1.03. The molecule has 0 saturated carbocycles. The van der Waals surface area contributed by atoms with E-state index in [-0.39, 0.29) is 47.6 Å². The number of aliphatic hydroxyl groups excluding tert-OH is 1. The third kappa shape index (κ3) is 11.9. The van der Waals surface area contributed by atoms with Crippen LogP contribution in [-0.2, 0) is 59.1 Å². The number of imidazole rings is 1. The van der Waals surface area contributed by atoms with Crippen molar-refractivity contribution in [1.82, 2.24) is 34.4 Å². The Morgan fingerprint density at radius 1 is 1.03 bits per heavy atom. The first-order valence-corrected chi connectivity index (χ1v) is 21.5. The second-order valence-corrected chi connectivity index (χ2v) is 16.6. The molecule has 342 valence electrons. The van der Waals surface area contributed by atoms with Crippen LogP contribution in [0.2, 0.25) is 0 Å². The number of anilines is 2. The van der Waals surface area contributed by atoms with Gasteiger partial charge in [-0.15, -0.1) is 6.58 Å². The molecule has 0 aliphatic carbocycles. The van der Waals surface area contributed by atoms with Crippen LogP contribution in [0.5, 0.6) is 0 Å². The number of phosphoric acid groups is 2. The van der Waals surface area contributed by atoms with E-state index in [0.29, 0.717) is 0 Å². The standard InChI is InChI=1S/C34H40F3N9O15P2/c1-2-3-4-24(47)43-19(11-17-5-7-18(8-6-17)34(35,36)37)32(49)60-28-22(59-31(27(28)48)46-16-42-26-29(39)40-15-41-30(26)46)14-57-63(54,55)61-20-12-25(45-10-9-23(38)44-33(45)50)58-21(20)13-56-62(51,52)53/h2,5-10,15-16,19-22,25,27-28,31,48H,1,3-4,11-14H2,(H,43,47)(H,54,55)(H2,38,44,50)(H2,39,40,41)(H2,51,52,53)/t19-,20+,21-,22+,25?,27-,28-,31?/m1/s1. The van der Waals surface area contributed by atoms with Crippen LogP contribution in [-0.4, -0.2) is 111 Å². The second-order valence-electron chi connectivity index (χ2n) is 14.0. The molecule has 0 radical (unpaired) electrons. The second kappa shape index (κ2) is 19.3. The summed E-state index contributed by atoms with van der Waals surface area (Å²) in [5, 5.41) is 14.1. The Morgan fingerprint density at radius 3 is 2.41 bits per heavy atom. The minimum absolute atomic E-state index is 0.0405. The van der Waals surface area contributed by atoms with E-state index in [4.69, 9.17) is 34.7 Å². The minimum Gasteiger partial charge on any atom is -0.455 e. The molecule has 4 aromatic rings. The number of nitrogens with zero attached hydrogens (tertiary/aromatic N) is 6. The van der Waals surface area contributed by atoms with Crippen molar-refractivity contribution in [2.75, 3.05) is 24.7 Å². The number of phosphoric ester groups is 2. The zero-order valence-electron chi connectivity index (χ0n) is 32.4. The van der Waals surface area contributed by atoms with Crippen LogP contribution in [0.25, 0.3) is 11.2 Å². The summed E-state index contributed by atoms with van der Waals surface area (Å²) in [5.74, 6) is -2.06. The van der Waals surface area contributed by atoms with Crippen molar-refractivity contribution in [2.24, 2.45) is 0 Å². The summed E-state index contributed by atoms with van der Waals surface area (Å²) in [7, 11) is -10.4. The molecule has 3 unspecified atom stereocenters. The molecular formula is C34H40F3N9O15P2. The molecule has 9 N–H and O–H groups in total. The summed E-state index contributed by atoms with van der Waals surface area (Å²) < 4.78 is 99.5. The number of benzene rings is 1. The summed E-state index contributed by atoms with van der Waals surface area (Å²) in [6.07, 6.45) is -11.6. The Labute approximate surface area is 352 Å². The highest BCUT2D eigenvalue weighted by atomic mass is 31.2. The highest BCUT2D eigenvalue weighted by Crippen LogP contribution is 2.50. The molecule has 1 aromatic carbocycles. The lowest BCUT2D eigenvalue weighted by molar-refractivity contribution is -0.160. The number of allylic oxidation sites excluding steroid dienone is 1. The molecule has 63 heavy (non-hydrogen) atoms. The largest absolute Gasteiger partial charge is 0.472 e. The van der Waals surface area contributed by atoms with Gasteiger partial charge in [0.15, 0.2) is 23.8 Å². The number of hydrogen-bond acceptors (Lipinski definition) is 18. The van der Waals surface area contributed by atoms with Crippen LogP contribution in [0.15, 0.2) is 66.6 Å². The number of carbonyl (C=O) groups is 2. The van der Waals surface area contributed by atoms with Crippen molar-refractivity contribution < 1.29 is 79.5 Å². The highest BCUT2D eigenvalue weighted by Gasteiger charge is 2.50. The quantitative estimate of drug-likeness (QED) is 0.0416. The molecule has 5 heterocycles. The van der Waals surface area contributed by atoms with Gasteiger partial charge in [0, 0.05) is 25.5 Å². The first-order chi connectivity index (χ1) is 29.6. The average Bonchev–Trinajstić information content (AvgIpc) is 3.90. The Hall–Kier alpha value is -5.18. The number of aliphatic hydroxyl groups is 1. The number of aromatic nitrogens is 6. The number of carbonyl (C=O) groups excluding carboxylic acids is 2. The number of halogens is 3. The monoisotopic (exact) mass is 933 g/mol. The molecule has 2 aliphatic rings. The molecule has 29 heteroatoms. The molecule has 9 atom stereocenters. The number of ether oxygens (including phenoxy) is 3. The number of hydrogen-bond donors (Lipinski definition) is 7. The molecule has 2 aliphatic heterocycles. The molecule has 24 nitrogen and oxygen atoms in total. The Morgan fingerprint density at radius 2 is 1.75 bits per heavy atom. The third-order valence-electron chi connectivity index (χ3n) is 9.56. The number of amides is 1. The van der Waals surface area contributed by atoms with Crippen LogP contribution in [0.4, 0.5) is 24.8 Å². The lowest BCUT2D eigenvalue weighted by Gasteiger charge is -2.25. The number of esters is 1. The van der Waals surface area contributed by atoms with Gasteiger partial charge in [0.25, 0.3) is 0 Å². The number of alkyl halides is 3. The average molecular weight is 934 g/mol. The van der Waals surface area contributed by atoms with Crippen molar-refractivity contribution in [1.29, 1.82) is 0 Å². The fraction of sp³-hybridized carbons (Fsp3) is 0.441. The summed E-state index contributed by atoms with van der Waals surface area (Å²) in [5.41, 5.74) is 9.90. The molecule has 0 bridgehead atoms. The molecule has 2 saturated heterocycles. The molecule has 2 fully saturated rings. The number of nitrogens with two attached hydrogens (primary N) is 2. The van der Waals surface area contributed by atoms with Crippen molar-refractivity contribution in [3.05, 3.63) is 83.4 Å². The van der Waals surface area contributed by atoms with Crippen LogP contribution in [0.3, 0.4) is 0 Å². The maximum absolute atomic E-state index is 13.9. The van der Waals surface area contributed by atoms with Gasteiger partial charge < -0.3 is 50.8 Å². The van der Waals surface area contributed by atoms with E-state index in [1.807, 2.05) is 0 Å². The molecular weight excluding hydrogens is 893 g/mol. The van der Waals surface area contributed by atoms with Gasteiger partial charge in [-0.2, -0.15) is 18.2 Å². The van der Waals surface area contributed by atoms with Gasteiger partial charge in [-0.05, 0) is 30.2 Å². The first kappa shape index (κ1) is 47.3. The lowest BCUT2D eigenvalue weighted by Crippen LogP contribution is -2.47. The number of nitrogens with one attached hydrogen (secondary N) is 1. The zero-order chi connectivity index (χ0) is 45.9. The highest BCUT2D eigenvalue weighted by molar-refractivity contribution is 7.47. The fourth-order valence-corrected chi connectivity index (χ4v) is 7.88. The van der Waals surface area contributed by atoms with E-state index in [0.717, 1.165) is 41.5 Å². The normalized spacial score (nSPS) is 24.2. The van der Waals surface area contributed by atoms with E-state index in [9.17, 15) is 56.5 Å². The molecule has 6 rings (SSSR count). The van der Waals surface area contributed by atoms with E-state index in [1.54, 1.807) is 0 Å². The van der Waals surface area contributed by atoms with Gasteiger partial charge in [0.1, 0.15) is 54.3 Å². The summed E-state index contributed by atoms with van der Waals surface area (Å²) in [4.78, 5) is 84.5. The van der Waals surface area contributed by atoms with Gasteiger partial charge in [-0.25, -0.2) is 33.7 Å². The Kier molecular flexibility index (Phi) is 14.5. The summed E-state index contributed by atoms with van der Waals surface area (Å²) >= 11 is 0. The lowest BCUT2D eigenvalue weighted by atomic mass is 10.0. The minimum atomic E-state index is -5.31. The topological polar surface area (TPSA) is 347 Å². The van der Waals surface area contributed by atoms with E-state index >= 15 is 0 Å². The van der Waals surface area contributed by atoms with Gasteiger partial charge >= 0.3 is 33.5 Å². The predicted molar refractivity (Wildman–Crippen MR) is 206 cm³/mol. The van der Waals surface area contributed by atoms with Crippen molar-refractivity contribution >= 4 is 50.3 Å². The molecule has 1 amide bonds. The third-order valence-corrected chi connectivity index (χ3v) is 11.1. The number of nitrogen functional groups attached to an aromatic ring is 2. The van der Waals surface area contributed by atoms with Gasteiger partial charge in [-0.3, -0.25) is 27.5 Å². The van der Waals surface area contributed by atoms with Crippen LogP contribution >= 0.6 is 15.6 Å². The maximum Gasteiger partial charge on any atom is 0.472 e. The van der Waals surface area contributed by atoms with Gasteiger partial charge in [-0.1, -0.05) is 18.2 Å². The fourth-order valence-electron chi connectivity index (χ4n) is 6.58. The van der Waals surface area contributed by atoms with Crippen molar-refractivity contribution in [3.8, 4) is 0 Å². The Balaban J connectivity index is 1.25. The number of rotatable bonds is 18. The zero-order valence-corrected chi connectivity index (χ0v) is 34.2. The van der Waals surface area contributed by atoms with E-state index in [2.05, 4.69) is 36.4 Å². The summed E-state index contributed by atoms with van der Waals surface area (Å²) in [6.45, 7) is 1.66. The first-order valence-electron chi connectivity index (χ1n) is 18.5. The van der Waals surface area contributed by atoms with Crippen LogP contribution < -0.4 is 22.5 Å². The van der Waals surface area contributed by atoms with Crippen LogP contribution in [0, 0.1) is 0 Å². The maximum atomic E-state index is 13.9. The van der Waals surface area contributed by atoms with Gasteiger partial charge in [0.05, 0.1) is 25.1 Å². The summed E-state index contributed by atoms with van der Waals surface area (Å²) in [6, 6.07) is 3.44. The van der Waals surface area contributed by atoms with Crippen LogP contribution in [0.1, 0.15) is 42.8 Å². The van der Waals surface area contributed by atoms with Gasteiger partial charge in [0.2, 0.25) is 5.91 Å². The van der Waals surface area contributed by atoms with E-state index in [1.165, 1.54) is 22.9 Å².